The van der Waals surface area contributed by atoms with E-state index in [1.54, 1.807) is 0 Å². The first-order valence-electron chi connectivity index (χ1n) is 3.00. The Morgan fingerprint density at radius 3 is 2.70 bits per heavy atom. The first-order valence-corrected chi connectivity index (χ1v) is 4.94. The Labute approximate surface area is 67.4 Å². The first kappa shape index (κ1) is 8.07. The van der Waals surface area contributed by atoms with Crippen molar-refractivity contribution in [2.45, 2.75) is 0 Å². The zero-order valence-corrected chi connectivity index (χ0v) is 7.08. The average molecular weight is 179 g/mol. The molecule has 3 nitrogen and oxygen atoms in total. The van der Waals surface area contributed by atoms with Crippen LogP contribution in [-0.4, -0.2) is 27.5 Å². The standard InChI is InChI=1S/C5H9NO2S2/c7-5(9)6-1-4-2-10(8)3-4/h4H,1-3H2,(H2,6,7,9). The second-order valence-corrected chi connectivity index (χ2v) is 4.28. The number of nitrogens with one attached hydrogen (secondary N) is 1. The molecule has 1 saturated heterocycles. The predicted octanol–water partition coefficient (Wildman–Crippen LogP) is 0.00430. The Bertz CT molecular complexity index is 163. The Morgan fingerprint density at radius 2 is 2.30 bits per heavy atom. The van der Waals surface area contributed by atoms with E-state index in [0.717, 1.165) is 11.5 Å². The molecule has 0 aromatic heterocycles. The van der Waals surface area contributed by atoms with Gasteiger partial charge >= 0.3 is 0 Å². The minimum Gasteiger partial charge on any atom is -0.347 e. The summed E-state index contributed by atoms with van der Waals surface area (Å²) in [6.45, 7) is 0.619. The molecule has 1 rings (SSSR count). The van der Waals surface area contributed by atoms with Crippen LogP contribution in [0.2, 0.25) is 0 Å². The van der Waals surface area contributed by atoms with Crippen molar-refractivity contribution in [3.8, 4) is 0 Å². The van der Waals surface area contributed by atoms with Crippen LogP contribution in [-0.2, 0) is 10.8 Å². The average Bonchev–Trinajstić information content (AvgIpc) is 1.77. The summed E-state index contributed by atoms with van der Waals surface area (Å²) < 4.78 is 10.5. The number of carbonyl (C=O) groups excluding carboxylic acids is 1. The number of amides is 1. The summed E-state index contributed by atoms with van der Waals surface area (Å²) in [5.41, 5.74) is 0. The van der Waals surface area contributed by atoms with Gasteiger partial charge in [0, 0.05) is 28.9 Å². The summed E-state index contributed by atoms with van der Waals surface area (Å²) in [7, 11) is -0.613. The molecular formula is C5H9NO2S2. The van der Waals surface area contributed by atoms with Gasteiger partial charge in [-0.2, -0.15) is 0 Å². The Hall–Kier alpha value is -0.0300. The summed E-state index contributed by atoms with van der Waals surface area (Å²) >= 11 is 3.53. The summed E-state index contributed by atoms with van der Waals surface area (Å²) in [4.78, 5) is 10.2. The van der Waals surface area contributed by atoms with E-state index in [0.29, 0.717) is 12.5 Å². The summed E-state index contributed by atoms with van der Waals surface area (Å²) in [6, 6.07) is 0. The van der Waals surface area contributed by atoms with Gasteiger partial charge in [-0.15, -0.1) is 0 Å². The van der Waals surface area contributed by atoms with Gasteiger partial charge in [-0.25, -0.2) is 0 Å². The molecule has 58 valence electrons. The molecule has 1 heterocycles. The zero-order valence-electron chi connectivity index (χ0n) is 5.37. The van der Waals surface area contributed by atoms with Crippen LogP contribution in [0.4, 0.5) is 4.79 Å². The zero-order chi connectivity index (χ0) is 7.56. The molecule has 5 heteroatoms. The maximum absolute atomic E-state index is 10.5. The third kappa shape index (κ3) is 2.30. The molecule has 0 radical (unpaired) electrons. The predicted molar refractivity (Wildman–Crippen MR) is 43.8 cm³/mol. The largest absolute Gasteiger partial charge is 0.347 e. The van der Waals surface area contributed by atoms with Gasteiger partial charge in [0.05, 0.1) is 0 Å². The van der Waals surface area contributed by atoms with E-state index >= 15 is 0 Å². The van der Waals surface area contributed by atoms with E-state index in [2.05, 4.69) is 17.9 Å². The minimum absolute atomic E-state index is 0.308. The smallest absolute Gasteiger partial charge is 0.275 e. The lowest BCUT2D eigenvalue weighted by Crippen LogP contribution is -2.39. The third-order valence-electron chi connectivity index (χ3n) is 1.39. The monoisotopic (exact) mass is 179 g/mol. The van der Waals surface area contributed by atoms with E-state index in [1.807, 2.05) is 0 Å². The molecule has 0 bridgehead atoms. The Morgan fingerprint density at radius 1 is 1.70 bits per heavy atom. The van der Waals surface area contributed by atoms with Gasteiger partial charge in [0.1, 0.15) is 0 Å². The van der Waals surface area contributed by atoms with Crippen LogP contribution in [0.5, 0.6) is 0 Å². The van der Waals surface area contributed by atoms with E-state index in [1.165, 1.54) is 0 Å². The van der Waals surface area contributed by atoms with Crippen LogP contribution in [0.3, 0.4) is 0 Å². The van der Waals surface area contributed by atoms with Gasteiger partial charge in [0.2, 0.25) is 0 Å². The summed E-state index contributed by atoms with van der Waals surface area (Å²) in [5.74, 6) is 1.87. The molecule has 0 aliphatic carbocycles. The highest BCUT2D eigenvalue weighted by Crippen LogP contribution is 2.12. The van der Waals surface area contributed by atoms with Gasteiger partial charge in [0.25, 0.3) is 5.24 Å². The van der Waals surface area contributed by atoms with E-state index < -0.39 is 10.8 Å². The van der Waals surface area contributed by atoms with Crippen LogP contribution in [0.15, 0.2) is 0 Å². The Kier molecular flexibility index (Phi) is 2.73. The van der Waals surface area contributed by atoms with Crippen LogP contribution in [0.1, 0.15) is 0 Å². The number of hydrogen-bond acceptors (Lipinski definition) is 2. The molecule has 10 heavy (non-hydrogen) atoms. The molecule has 1 fully saturated rings. The lowest BCUT2D eigenvalue weighted by molar-refractivity contribution is 0.260. The van der Waals surface area contributed by atoms with Crippen molar-refractivity contribution in [3.63, 3.8) is 0 Å². The highest BCUT2D eigenvalue weighted by molar-refractivity contribution is 7.96. The minimum atomic E-state index is -0.613. The second-order valence-electron chi connectivity index (χ2n) is 2.33. The van der Waals surface area contributed by atoms with E-state index in [-0.39, 0.29) is 5.24 Å². The third-order valence-corrected chi connectivity index (χ3v) is 3.23. The molecule has 0 atom stereocenters. The first-order chi connectivity index (χ1) is 4.68. The van der Waals surface area contributed by atoms with Gasteiger partial charge in [0.15, 0.2) is 0 Å². The molecule has 0 unspecified atom stereocenters. The lowest BCUT2D eigenvalue weighted by atomic mass is 10.2. The molecule has 0 saturated carbocycles. The van der Waals surface area contributed by atoms with Crippen LogP contribution < -0.4 is 5.32 Å². The van der Waals surface area contributed by atoms with Crippen molar-refractivity contribution in [1.29, 1.82) is 0 Å². The van der Waals surface area contributed by atoms with Crippen molar-refractivity contribution in [3.05, 3.63) is 0 Å². The highest BCUT2D eigenvalue weighted by Gasteiger charge is 2.24. The maximum Gasteiger partial charge on any atom is 0.275 e. The van der Waals surface area contributed by atoms with Gasteiger partial charge < -0.3 is 5.32 Å². The maximum atomic E-state index is 10.5. The van der Waals surface area contributed by atoms with Crippen LogP contribution in [0.25, 0.3) is 0 Å². The van der Waals surface area contributed by atoms with Gasteiger partial charge in [-0.05, 0) is 5.92 Å². The molecule has 1 aliphatic rings. The number of hydrogen-bond donors (Lipinski definition) is 2. The SMILES string of the molecule is O=C(S)NCC1CS(=O)C1. The van der Waals surface area contributed by atoms with Gasteiger partial charge in [-0.3, -0.25) is 9.00 Å². The number of carbonyl (C=O) groups is 1. The second kappa shape index (κ2) is 3.39. The van der Waals surface area contributed by atoms with E-state index in [9.17, 15) is 9.00 Å². The molecule has 0 aromatic carbocycles. The van der Waals surface area contributed by atoms with Crippen molar-refractivity contribution >= 4 is 28.7 Å². The molecule has 0 spiro atoms. The normalized spacial score (nSPS) is 30.9. The fourth-order valence-electron chi connectivity index (χ4n) is 0.826. The lowest BCUT2D eigenvalue weighted by Gasteiger charge is -2.24. The number of thiol groups is 1. The quantitative estimate of drug-likeness (QED) is 0.586. The summed E-state index contributed by atoms with van der Waals surface area (Å²) in [5, 5.41) is 2.25. The van der Waals surface area contributed by atoms with Crippen molar-refractivity contribution in [2.24, 2.45) is 5.92 Å². The molecule has 1 N–H and O–H groups in total. The van der Waals surface area contributed by atoms with E-state index in [4.69, 9.17) is 0 Å². The molecule has 1 aliphatic heterocycles. The fourth-order valence-corrected chi connectivity index (χ4v) is 2.11. The van der Waals surface area contributed by atoms with Crippen molar-refractivity contribution < 1.29 is 9.00 Å². The summed E-state index contributed by atoms with van der Waals surface area (Å²) in [6.07, 6.45) is 0. The molecule has 0 aromatic rings. The topological polar surface area (TPSA) is 46.2 Å². The van der Waals surface area contributed by atoms with Crippen LogP contribution >= 0.6 is 12.6 Å². The fraction of sp³-hybridized carbons (Fsp3) is 0.800. The van der Waals surface area contributed by atoms with Crippen molar-refractivity contribution in [1.82, 2.24) is 5.32 Å². The molecular weight excluding hydrogens is 170 g/mol. The van der Waals surface area contributed by atoms with Crippen molar-refractivity contribution in [2.75, 3.05) is 18.1 Å². The highest BCUT2D eigenvalue weighted by atomic mass is 32.2. The van der Waals surface area contributed by atoms with Crippen LogP contribution in [0, 0.1) is 5.92 Å². The number of rotatable bonds is 2. The molecule has 1 amide bonds. The van der Waals surface area contributed by atoms with Gasteiger partial charge in [-0.1, -0.05) is 12.6 Å². The Balaban J connectivity index is 2.05.